The van der Waals surface area contributed by atoms with E-state index in [-0.39, 0.29) is 42.3 Å². The molecular formula is C23H33N3O4S. The first-order valence-corrected chi connectivity index (χ1v) is 12.7. The summed E-state index contributed by atoms with van der Waals surface area (Å²) in [5, 5.41) is 0. The van der Waals surface area contributed by atoms with Crippen molar-refractivity contribution < 1.29 is 18.0 Å². The van der Waals surface area contributed by atoms with Crippen molar-refractivity contribution in [2.75, 3.05) is 26.4 Å². The molecular weight excluding hydrogens is 414 g/mol. The third-order valence-electron chi connectivity index (χ3n) is 6.84. The van der Waals surface area contributed by atoms with E-state index in [1.165, 1.54) is 15.5 Å². The second kappa shape index (κ2) is 9.53. The van der Waals surface area contributed by atoms with Crippen molar-refractivity contribution in [3.05, 3.63) is 48.6 Å². The van der Waals surface area contributed by atoms with Gasteiger partial charge in [-0.2, -0.15) is 0 Å². The lowest BCUT2D eigenvalue weighted by molar-refractivity contribution is -0.130. The number of sulfonamides is 1. The molecule has 0 spiro atoms. The lowest BCUT2D eigenvalue weighted by atomic mass is 9.78. The zero-order chi connectivity index (χ0) is 22.8. The first-order chi connectivity index (χ1) is 14.6. The summed E-state index contributed by atoms with van der Waals surface area (Å²) in [4.78, 5) is 29.3. The van der Waals surface area contributed by atoms with Crippen molar-refractivity contribution >= 4 is 22.0 Å². The monoisotopic (exact) mass is 447 g/mol. The zero-order valence-corrected chi connectivity index (χ0v) is 19.4. The second-order valence-corrected chi connectivity index (χ2v) is 10.7. The maximum Gasteiger partial charge on any atom is 0.327 e. The quantitative estimate of drug-likeness (QED) is 0.602. The Balaban J connectivity index is 1.82. The predicted octanol–water partition coefficient (Wildman–Crippen LogP) is 3.06. The van der Waals surface area contributed by atoms with E-state index in [2.05, 4.69) is 6.58 Å². The van der Waals surface area contributed by atoms with Gasteiger partial charge in [-0.1, -0.05) is 36.4 Å². The number of urea groups is 1. The Bertz CT molecular complexity index is 910. The highest BCUT2D eigenvalue weighted by Crippen LogP contribution is 2.37. The molecule has 2 aliphatic heterocycles. The summed E-state index contributed by atoms with van der Waals surface area (Å²) in [5.41, 5.74) is 1.06. The predicted molar refractivity (Wildman–Crippen MR) is 121 cm³/mol. The Kier molecular flexibility index (Phi) is 7.21. The van der Waals surface area contributed by atoms with Crippen LogP contribution < -0.4 is 0 Å². The summed E-state index contributed by atoms with van der Waals surface area (Å²) in [6.07, 6.45) is 5.17. The fourth-order valence-electron chi connectivity index (χ4n) is 4.88. The first-order valence-electron chi connectivity index (χ1n) is 10.8. The molecule has 2 heterocycles. The van der Waals surface area contributed by atoms with Crippen molar-refractivity contribution in [3.8, 4) is 0 Å². The van der Waals surface area contributed by atoms with Crippen LogP contribution in [0.4, 0.5) is 4.79 Å². The van der Waals surface area contributed by atoms with E-state index in [0.29, 0.717) is 32.4 Å². The molecule has 3 unspecified atom stereocenters. The van der Waals surface area contributed by atoms with Crippen LogP contribution in [-0.2, 0) is 14.8 Å². The maximum absolute atomic E-state index is 13.4. The summed E-state index contributed by atoms with van der Waals surface area (Å²) < 4.78 is 25.3. The van der Waals surface area contributed by atoms with Crippen molar-refractivity contribution in [1.82, 2.24) is 14.1 Å². The van der Waals surface area contributed by atoms with Gasteiger partial charge in [0.25, 0.3) is 0 Å². The van der Waals surface area contributed by atoms with Gasteiger partial charge in [0.1, 0.15) is 0 Å². The molecule has 2 saturated heterocycles. The SMILES string of the molecule is C=CCC1C(C)N(C)C(=O)N1C(=O)CC(c1ccccc1)C1CCN(S(C)(=O)=O)CC1. The Morgan fingerprint density at radius 3 is 2.39 bits per heavy atom. The zero-order valence-electron chi connectivity index (χ0n) is 18.6. The second-order valence-electron chi connectivity index (χ2n) is 8.71. The topological polar surface area (TPSA) is 78.0 Å². The van der Waals surface area contributed by atoms with Crippen LogP contribution in [0.2, 0.25) is 0 Å². The number of nitrogens with zero attached hydrogens (tertiary/aromatic N) is 3. The van der Waals surface area contributed by atoms with Crippen LogP contribution in [0.1, 0.15) is 44.1 Å². The molecule has 0 bridgehead atoms. The largest absolute Gasteiger partial charge is 0.327 e. The highest BCUT2D eigenvalue weighted by atomic mass is 32.2. The van der Waals surface area contributed by atoms with E-state index in [0.717, 1.165) is 5.56 Å². The van der Waals surface area contributed by atoms with Gasteiger partial charge in [-0.25, -0.2) is 17.5 Å². The van der Waals surface area contributed by atoms with E-state index in [9.17, 15) is 18.0 Å². The van der Waals surface area contributed by atoms with Gasteiger partial charge in [-0.15, -0.1) is 6.58 Å². The average molecular weight is 448 g/mol. The normalized spacial score (nSPS) is 24.4. The molecule has 3 amide bonds. The number of hydrogen-bond acceptors (Lipinski definition) is 4. The van der Waals surface area contributed by atoms with E-state index in [1.807, 2.05) is 37.3 Å². The van der Waals surface area contributed by atoms with Crippen LogP contribution in [-0.4, -0.2) is 72.9 Å². The van der Waals surface area contributed by atoms with Gasteiger partial charge in [-0.05, 0) is 43.6 Å². The number of piperidine rings is 1. The molecule has 0 N–H and O–H groups in total. The Hall–Kier alpha value is -2.19. The van der Waals surface area contributed by atoms with E-state index < -0.39 is 10.0 Å². The molecule has 1 aromatic rings. The molecule has 3 atom stereocenters. The van der Waals surface area contributed by atoms with E-state index in [4.69, 9.17) is 0 Å². The highest BCUT2D eigenvalue weighted by molar-refractivity contribution is 7.88. The maximum atomic E-state index is 13.4. The fraction of sp³-hybridized carbons (Fsp3) is 0.565. The van der Waals surface area contributed by atoms with Crippen molar-refractivity contribution in [2.45, 2.75) is 50.6 Å². The van der Waals surface area contributed by atoms with Crippen LogP contribution in [0.5, 0.6) is 0 Å². The lowest BCUT2D eigenvalue weighted by Crippen LogP contribution is -2.43. The fourth-order valence-corrected chi connectivity index (χ4v) is 5.75. The molecule has 1 aromatic carbocycles. The number of hydrogen-bond donors (Lipinski definition) is 0. The minimum Gasteiger partial charge on any atom is -0.323 e. The molecule has 2 aliphatic rings. The first kappa shape index (κ1) is 23.5. The van der Waals surface area contributed by atoms with Crippen molar-refractivity contribution in [2.24, 2.45) is 5.92 Å². The standard InChI is InChI=1S/C23H33N3O4S/c1-5-9-21-17(2)24(3)23(28)26(21)22(27)16-20(18-10-7-6-8-11-18)19-12-14-25(15-13-19)31(4,29)30/h5-8,10-11,17,19-21H,1,9,12-16H2,2-4H3. The number of amides is 3. The molecule has 0 radical (unpaired) electrons. The van der Waals surface area contributed by atoms with Gasteiger partial charge in [0.2, 0.25) is 15.9 Å². The molecule has 2 fully saturated rings. The minimum atomic E-state index is -3.21. The molecule has 0 aliphatic carbocycles. The van der Waals surface area contributed by atoms with Crippen molar-refractivity contribution in [1.29, 1.82) is 0 Å². The Morgan fingerprint density at radius 1 is 1.23 bits per heavy atom. The molecule has 0 saturated carbocycles. The van der Waals surface area contributed by atoms with Gasteiger partial charge < -0.3 is 4.90 Å². The summed E-state index contributed by atoms with van der Waals surface area (Å²) in [6.45, 7) is 6.66. The van der Waals surface area contributed by atoms with Gasteiger partial charge in [-0.3, -0.25) is 9.69 Å². The Morgan fingerprint density at radius 2 is 1.84 bits per heavy atom. The van der Waals surface area contributed by atoms with E-state index >= 15 is 0 Å². The molecule has 7 nitrogen and oxygen atoms in total. The Labute approximate surface area is 185 Å². The van der Waals surface area contributed by atoms with Crippen LogP contribution in [0.3, 0.4) is 0 Å². The molecule has 0 aromatic heterocycles. The van der Waals surface area contributed by atoms with E-state index in [1.54, 1.807) is 18.0 Å². The number of carbonyl (C=O) groups is 2. The number of rotatable bonds is 7. The van der Waals surface area contributed by atoms with Gasteiger partial charge in [0, 0.05) is 26.6 Å². The average Bonchev–Trinajstić information content (AvgIpc) is 2.96. The third kappa shape index (κ3) is 5.01. The van der Waals surface area contributed by atoms with Crippen molar-refractivity contribution in [3.63, 3.8) is 0 Å². The smallest absolute Gasteiger partial charge is 0.323 e. The van der Waals surface area contributed by atoms with Gasteiger partial charge >= 0.3 is 6.03 Å². The number of carbonyl (C=O) groups excluding carboxylic acids is 2. The molecule has 170 valence electrons. The van der Waals surface area contributed by atoms with Gasteiger partial charge in [0.05, 0.1) is 18.3 Å². The summed E-state index contributed by atoms with van der Waals surface area (Å²) >= 11 is 0. The third-order valence-corrected chi connectivity index (χ3v) is 8.15. The molecule has 31 heavy (non-hydrogen) atoms. The number of imide groups is 1. The van der Waals surface area contributed by atoms with Crippen LogP contribution in [0.15, 0.2) is 43.0 Å². The lowest BCUT2D eigenvalue weighted by Gasteiger charge is -2.35. The minimum absolute atomic E-state index is 0.0613. The molecule has 3 rings (SSSR count). The highest BCUT2D eigenvalue weighted by Gasteiger charge is 2.45. The summed E-state index contributed by atoms with van der Waals surface area (Å²) in [7, 11) is -1.48. The van der Waals surface area contributed by atoms with Crippen LogP contribution in [0.25, 0.3) is 0 Å². The summed E-state index contributed by atoms with van der Waals surface area (Å²) in [5.74, 6) is -0.0590. The van der Waals surface area contributed by atoms with Crippen LogP contribution >= 0.6 is 0 Å². The van der Waals surface area contributed by atoms with Gasteiger partial charge in [0.15, 0.2) is 0 Å². The van der Waals surface area contributed by atoms with Crippen LogP contribution in [0, 0.1) is 5.92 Å². The summed E-state index contributed by atoms with van der Waals surface area (Å²) in [6, 6.07) is 9.34. The number of benzene rings is 1. The number of likely N-dealkylation sites (N-methyl/N-ethyl adjacent to an activating group) is 1. The molecule has 8 heteroatoms.